The van der Waals surface area contributed by atoms with Gasteiger partial charge in [0.25, 0.3) is 0 Å². The third-order valence-corrected chi connectivity index (χ3v) is 5.52. The Morgan fingerprint density at radius 1 is 1.40 bits per heavy atom. The van der Waals surface area contributed by atoms with Crippen molar-refractivity contribution in [2.24, 2.45) is 10.9 Å². The molecule has 0 aliphatic carbocycles. The van der Waals surface area contributed by atoms with Crippen molar-refractivity contribution in [1.29, 1.82) is 0 Å². The number of likely N-dealkylation sites (tertiary alicyclic amines) is 1. The minimum absolute atomic E-state index is 0.694. The number of aliphatic imine (C=N–C) groups is 1. The van der Waals surface area contributed by atoms with E-state index in [9.17, 15) is 0 Å². The van der Waals surface area contributed by atoms with Crippen LogP contribution in [0.25, 0.3) is 0 Å². The van der Waals surface area contributed by atoms with Crippen LogP contribution in [0.1, 0.15) is 18.5 Å². The third-order valence-electron chi connectivity index (χ3n) is 4.46. The van der Waals surface area contributed by atoms with Crippen LogP contribution >= 0.6 is 11.3 Å². The number of rotatable bonds is 8. The third kappa shape index (κ3) is 6.80. The molecule has 0 amide bonds. The highest BCUT2D eigenvalue weighted by Crippen LogP contribution is 2.18. The number of thiazole rings is 1. The fourth-order valence-corrected chi connectivity index (χ4v) is 3.61. The average Bonchev–Trinajstić information content (AvgIpc) is 3.10. The summed E-state index contributed by atoms with van der Waals surface area (Å²) < 4.78 is 5.16. The van der Waals surface area contributed by atoms with Crippen molar-refractivity contribution in [3.05, 3.63) is 11.1 Å². The maximum absolute atomic E-state index is 5.16. The van der Waals surface area contributed by atoms with E-state index in [2.05, 4.69) is 30.9 Å². The molecular weight excluding hydrogens is 336 g/mol. The maximum Gasteiger partial charge on any atom is 0.191 e. The van der Waals surface area contributed by atoms with Crippen LogP contribution in [0.4, 0.5) is 5.13 Å². The van der Waals surface area contributed by atoms with Gasteiger partial charge in [-0.2, -0.15) is 0 Å². The van der Waals surface area contributed by atoms with Gasteiger partial charge in [0.2, 0.25) is 0 Å². The van der Waals surface area contributed by atoms with Gasteiger partial charge in [-0.3, -0.25) is 4.99 Å². The van der Waals surface area contributed by atoms with Crippen molar-refractivity contribution in [1.82, 2.24) is 20.5 Å². The first-order chi connectivity index (χ1) is 12.1. The Bertz CT molecular complexity index is 525. The van der Waals surface area contributed by atoms with Crippen molar-refractivity contribution in [2.45, 2.75) is 19.4 Å². The first-order valence-corrected chi connectivity index (χ1v) is 9.78. The summed E-state index contributed by atoms with van der Waals surface area (Å²) in [6.07, 6.45) is 2.46. The van der Waals surface area contributed by atoms with Crippen LogP contribution in [0.5, 0.6) is 0 Å². The van der Waals surface area contributed by atoms with E-state index in [-0.39, 0.29) is 0 Å². The van der Waals surface area contributed by atoms with Crippen molar-refractivity contribution in [3.8, 4) is 0 Å². The van der Waals surface area contributed by atoms with E-state index in [1.807, 2.05) is 26.0 Å². The van der Waals surface area contributed by atoms with Crippen LogP contribution in [-0.4, -0.2) is 76.9 Å². The molecule has 2 heterocycles. The van der Waals surface area contributed by atoms with Gasteiger partial charge >= 0.3 is 0 Å². The van der Waals surface area contributed by atoms with E-state index in [1.165, 1.54) is 12.8 Å². The van der Waals surface area contributed by atoms with E-state index in [1.54, 1.807) is 18.4 Å². The number of nitrogens with zero attached hydrogens (tertiary/aromatic N) is 4. The molecule has 25 heavy (non-hydrogen) atoms. The summed E-state index contributed by atoms with van der Waals surface area (Å²) in [6, 6.07) is 0. The quantitative estimate of drug-likeness (QED) is 0.532. The number of piperidine rings is 1. The van der Waals surface area contributed by atoms with Gasteiger partial charge in [-0.25, -0.2) is 4.98 Å². The number of anilines is 1. The van der Waals surface area contributed by atoms with Crippen molar-refractivity contribution < 1.29 is 4.74 Å². The van der Waals surface area contributed by atoms with Crippen LogP contribution in [0.3, 0.4) is 0 Å². The highest BCUT2D eigenvalue weighted by Gasteiger charge is 2.19. The predicted octanol–water partition coefficient (Wildman–Crippen LogP) is 1.23. The summed E-state index contributed by atoms with van der Waals surface area (Å²) in [6.45, 7) is 5.85. The number of hydrogen-bond donors (Lipinski definition) is 2. The lowest BCUT2D eigenvalue weighted by Crippen LogP contribution is -2.43. The Morgan fingerprint density at radius 3 is 2.76 bits per heavy atom. The highest BCUT2D eigenvalue weighted by molar-refractivity contribution is 7.13. The van der Waals surface area contributed by atoms with Gasteiger partial charge in [0.15, 0.2) is 11.1 Å². The predicted molar refractivity (Wildman–Crippen MR) is 106 cm³/mol. The molecule has 2 rings (SSSR count). The van der Waals surface area contributed by atoms with Gasteiger partial charge in [0.1, 0.15) is 0 Å². The largest absolute Gasteiger partial charge is 0.383 e. The molecule has 0 radical (unpaired) electrons. The Hall–Kier alpha value is -1.38. The summed E-state index contributed by atoms with van der Waals surface area (Å²) in [7, 11) is 7.60. The van der Waals surface area contributed by atoms with Crippen molar-refractivity contribution in [3.63, 3.8) is 0 Å². The maximum atomic E-state index is 5.16. The molecule has 1 fully saturated rings. The molecule has 1 aromatic rings. The molecule has 0 aromatic carbocycles. The monoisotopic (exact) mass is 368 g/mol. The molecular formula is C17H32N6OS. The summed E-state index contributed by atoms with van der Waals surface area (Å²) in [5, 5.41) is 9.93. The Morgan fingerprint density at radius 2 is 2.16 bits per heavy atom. The zero-order valence-corrected chi connectivity index (χ0v) is 16.7. The van der Waals surface area contributed by atoms with E-state index in [0.29, 0.717) is 12.5 Å². The molecule has 1 aliphatic heterocycles. The molecule has 1 aromatic heterocycles. The average molecular weight is 369 g/mol. The number of hydrogen-bond acceptors (Lipinski definition) is 6. The highest BCUT2D eigenvalue weighted by atomic mass is 32.1. The first-order valence-electron chi connectivity index (χ1n) is 8.90. The van der Waals surface area contributed by atoms with E-state index < -0.39 is 0 Å². The smallest absolute Gasteiger partial charge is 0.191 e. The molecule has 7 nitrogen and oxygen atoms in total. The van der Waals surface area contributed by atoms with Gasteiger partial charge in [0, 0.05) is 46.7 Å². The standard InChI is InChI=1S/C17H32N6OS/c1-18-16(20-12-15-13-25-17(21-15)22(2)3)19-11-14-5-7-23(8-6-14)9-10-24-4/h13-14H,5-12H2,1-4H3,(H2,18,19,20). The van der Waals surface area contributed by atoms with E-state index in [4.69, 9.17) is 4.74 Å². The van der Waals surface area contributed by atoms with Gasteiger partial charge < -0.3 is 25.2 Å². The number of ether oxygens (including phenoxy) is 1. The van der Waals surface area contributed by atoms with Crippen LogP contribution in [0.2, 0.25) is 0 Å². The molecule has 8 heteroatoms. The molecule has 0 atom stereocenters. The fourth-order valence-electron chi connectivity index (χ4n) is 2.85. The minimum Gasteiger partial charge on any atom is -0.383 e. The first kappa shape index (κ1) is 19.9. The summed E-state index contributed by atoms with van der Waals surface area (Å²) in [5.41, 5.74) is 1.04. The van der Waals surface area contributed by atoms with Crippen molar-refractivity contribution in [2.75, 3.05) is 65.9 Å². The molecule has 1 aliphatic rings. The van der Waals surface area contributed by atoms with Crippen molar-refractivity contribution >= 4 is 22.4 Å². The molecule has 2 N–H and O–H groups in total. The number of nitrogens with one attached hydrogen (secondary N) is 2. The minimum atomic E-state index is 0.694. The topological polar surface area (TPSA) is 65.0 Å². The molecule has 0 saturated carbocycles. The fraction of sp³-hybridized carbons (Fsp3) is 0.765. The Kier molecular flexibility index (Phi) is 8.43. The van der Waals surface area contributed by atoms with Crippen LogP contribution in [0.15, 0.2) is 10.4 Å². The number of methoxy groups -OCH3 is 1. The summed E-state index contributed by atoms with van der Waals surface area (Å²) in [5.74, 6) is 1.55. The number of guanidine groups is 1. The van der Waals surface area contributed by atoms with E-state index >= 15 is 0 Å². The van der Waals surface area contributed by atoms with Crippen LogP contribution in [0, 0.1) is 5.92 Å². The summed E-state index contributed by atoms with van der Waals surface area (Å²) in [4.78, 5) is 13.4. The second-order valence-corrected chi connectivity index (χ2v) is 7.44. The molecule has 0 bridgehead atoms. The van der Waals surface area contributed by atoms with Gasteiger partial charge in [-0.05, 0) is 31.8 Å². The second-order valence-electron chi connectivity index (χ2n) is 6.60. The zero-order chi connectivity index (χ0) is 18.1. The lowest BCUT2D eigenvalue weighted by atomic mass is 9.97. The Balaban J connectivity index is 1.67. The lowest BCUT2D eigenvalue weighted by Gasteiger charge is -2.32. The van der Waals surface area contributed by atoms with Gasteiger partial charge in [-0.1, -0.05) is 0 Å². The van der Waals surface area contributed by atoms with Crippen LogP contribution < -0.4 is 15.5 Å². The molecule has 142 valence electrons. The normalized spacial score (nSPS) is 16.9. The SMILES string of the molecule is CN=C(NCc1csc(N(C)C)n1)NCC1CCN(CCOC)CC1. The molecule has 0 unspecified atom stereocenters. The molecule has 0 spiro atoms. The Labute approximate surface area is 155 Å². The lowest BCUT2D eigenvalue weighted by molar-refractivity contribution is 0.121. The van der Waals surface area contributed by atoms with E-state index in [0.717, 1.165) is 49.6 Å². The second kappa shape index (κ2) is 10.6. The zero-order valence-electron chi connectivity index (χ0n) is 15.9. The van der Waals surface area contributed by atoms with Gasteiger partial charge in [-0.15, -0.1) is 11.3 Å². The van der Waals surface area contributed by atoms with Gasteiger partial charge in [0.05, 0.1) is 18.8 Å². The number of aromatic nitrogens is 1. The summed E-state index contributed by atoms with van der Waals surface area (Å²) >= 11 is 1.66. The molecule has 1 saturated heterocycles. The van der Waals surface area contributed by atoms with Crippen LogP contribution in [-0.2, 0) is 11.3 Å².